The van der Waals surface area contributed by atoms with Gasteiger partial charge in [-0.2, -0.15) is 0 Å². The summed E-state index contributed by atoms with van der Waals surface area (Å²) < 4.78 is 4.94. The molecule has 2 nitrogen and oxygen atoms in total. The summed E-state index contributed by atoms with van der Waals surface area (Å²) in [5, 5.41) is 0. The lowest BCUT2D eigenvalue weighted by atomic mass is 10.1. The lowest BCUT2D eigenvalue weighted by molar-refractivity contribution is -0.137. The van der Waals surface area contributed by atoms with Gasteiger partial charge in [-0.15, -0.1) is 0 Å². The van der Waals surface area contributed by atoms with Crippen LogP contribution >= 0.6 is 21.6 Å². The highest BCUT2D eigenvalue weighted by Crippen LogP contribution is 2.24. The summed E-state index contributed by atoms with van der Waals surface area (Å²) in [6.07, 6.45) is 17.1. The van der Waals surface area contributed by atoms with E-state index in [9.17, 15) is 4.79 Å². The predicted octanol–water partition coefficient (Wildman–Crippen LogP) is 6.80. The van der Waals surface area contributed by atoms with Crippen LogP contribution in [0.1, 0.15) is 84.0 Å². The van der Waals surface area contributed by atoms with E-state index >= 15 is 0 Å². The van der Waals surface area contributed by atoms with Crippen LogP contribution in [0.4, 0.5) is 0 Å². The number of unbranched alkanes of at least 4 members (excludes halogenated alkanes) is 10. The van der Waals surface area contributed by atoms with E-state index in [0.717, 1.165) is 12.8 Å². The molecule has 0 radical (unpaired) electrons. The maximum Gasteiger partial charge on any atom is 0.330 e. The molecule has 0 saturated carbocycles. The second-order valence-corrected chi connectivity index (χ2v) is 8.61. The normalized spacial score (nSPS) is 10.7. The van der Waals surface area contributed by atoms with Gasteiger partial charge >= 0.3 is 5.97 Å². The third-order valence-corrected chi connectivity index (χ3v) is 6.27. The number of hydrogen-bond acceptors (Lipinski definition) is 4. The molecule has 0 spiro atoms. The Morgan fingerprint density at radius 3 is 1.83 bits per heavy atom. The van der Waals surface area contributed by atoms with Crippen molar-refractivity contribution in [2.45, 2.75) is 84.0 Å². The van der Waals surface area contributed by atoms with E-state index < -0.39 is 0 Å². The molecule has 0 N–H and O–H groups in total. The smallest absolute Gasteiger partial charge is 0.330 e. The molecule has 0 saturated heterocycles. The number of esters is 1. The highest BCUT2D eigenvalue weighted by Gasteiger charge is 1.96. The standard InChI is InChI=1S/C19H36O2S2/c1-3-5-6-7-8-9-11-14-17-22-23-18-15-12-10-13-16-21-19(20)4-2/h4H,2-3,5-18H2,1H3. The van der Waals surface area contributed by atoms with Crippen LogP contribution in [0.15, 0.2) is 12.7 Å². The molecule has 0 aromatic rings. The fourth-order valence-corrected chi connectivity index (χ4v) is 4.55. The zero-order chi connectivity index (χ0) is 17.0. The Morgan fingerprint density at radius 2 is 1.30 bits per heavy atom. The van der Waals surface area contributed by atoms with E-state index in [-0.39, 0.29) is 5.97 Å². The lowest BCUT2D eigenvalue weighted by Crippen LogP contribution is -2.01. The Bertz CT molecular complexity index is 270. The number of hydrogen-bond donors (Lipinski definition) is 0. The van der Waals surface area contributed by atoms with Crippen LogP contribution in [0.25, 0.3) is 0 Å². The predicted molar refractivity (Wildman–Crippen MR) is 107 cm³/mol. The van der Waals surface area contributed by atoms with E-state index in [2.05, 4.69) is 13.5 Å². The molecule has 0 atom stereocenters. The van der Waals surface area contributed by atoms with E-state index in [1.165, 1.54) is 81.8 Å². The molecule has 0 bridgehead atoms. The van der Waals surface area contributed by atoms with E-state index in [0.29, 0.717) is 6.61 Å². The summed E-state index contributed by atoms with van der Waals surface area (Å²) in [7, 11) is 4.06. The number of carbonyl (C=O) groups is 1. The molecule has 0 unspecified atom stereocenters. The molecule has 0 heterocycles. The molecular formula is C19H36O2S2. The molecule has 23 heavy (non-hydrogen) atoms. The Hall–Kier alpha value is -0.0900. The molecule has 0 aromatic carbocycles. The summed E-state index contributed by atoms with van der Waals surface area (Å²) in [6.45, 7) is 6.18. The maximum absolute atomic E-state index is 10.8. The zero-order valence-electron chi connectivity index (χ0n) is 15.0. The summed E-state index contributed by atoms with van der Waals surface area (Å²) in [4.78, 5) is 10.8. The fourth-order valence-electron chi connectivity index (χ4n) is 2.26. The molecular weight excluding hydrogens is 324 g/mol. The largest absolute Gasteiger partial charge is 0.463 e. The van der Waals surface area contributed by atoms with Gasteiger partial charge in [0.25, 0.3) is 0 Å². The molecule has 0 amide bonds. The zero-order valence-corrected chi connectivity index (χ0v) is 16.7. The lowest BCUT2D eigenvalue weighted by Gasteiger charge is -2.03. The highest BCUT2D eigenvalue weighted by atomic mass is 33.1. The van der Waals surface area contributed by atoms with Crippen LogP contribution in [0.5, 0.6) is 0 Å². The first-order valence-corrected chi connectivity index (χ1v) is 11.8. The van der Waals surface area contributed by atoms with Crippen LogP contribution in [0.2, 0.25) is 0 Å². The third-order valence-electron chi connectivity index (χ3n) is 3.70. The Kier molecular flexibility index (Phi) is 19.9. The molecule has 4 heteroatoms. The van der Waals surface area contributed by atoms with Crippen molar-refractivity contribution < 1.29 is 9.53 Å². The van der Waals surface area contributed by atoms with Gasteiger partial charge in [-0.05, 0) is 19.3 Å². The topological polar surface area (TPSA) is 26.3 Å². The van der Waals surface area contributed by atoms with Gasteiger partial charge in [0.2, 0.25) is 0 Å². The van der Waals surface area contributed by atoms with Crippen molar-refractivity contribution in [2.75, 3.05) is 18.1 Å². The van der Waals surface area contributed by atoms with Crippen molar-refractivity contribution in [1.82, 2.24) is 0 Å². The monoisotopic (exact) mass is 360 g/mol. The average Bonchev–Trinajstić information content (AvgIpc) is 2.57. The first kappa shape index (κ1) is 22.9. The van der Waals surface area contributed by atoms with Gasteiger partial charge < -0.3 is 4.74 Å². The fraction of sp³-hybridized carbons (Fsp3) is 0.842. The Labute approximate surface area is 152 Å². The molecule has 0 aliphatic carbocycles. The molecule has 0 rings (SSSR count). The first-order valence-electron chi connectivity index (χ1n) is 9.34. The minimum absolute atomic E-state index is 0.307. The minimum atomic E-state index is -0.307. The molecule has 0 aliphatic rings. The number of carbonyl (C=O) groups excluding carboxylic acids is 1. The van der Waals surface area contributed by atoms with Crippen LogP contribution in [0.3, 0.4) is 0 Å². The summed E-state index contributed by atoms with van der Waals surface area (Å²) in [5.74, 6) is 2.24. The Balaban J connectivity index is 3.00. The molecule has 136 valence electrons. The van der Waals surface area contributed by atoms with Gasteiger partial charge in [-0.3, -0.25) is 0 Å². The number of rotatable bonds is 18. The van der Waals surface area contributed by atoms with E-state index in [1.54, 1.807) is 0 Å². The number of ether oxygens (including phenoxy) is 1. The van der Waals surface area contributed by atoms with Crippen LogP contribution in [-0.4, -0.2) is 24.1 Å². The van der Waals surface area contributed by atoms with Gasteiger partial charge in [0.05, 0.1) is 6.61 Å². The van der Waals surface area contributed by atoms with Crippen molar-refractivity contribution in [3.8, 4) is 0 Å². The second kappa shape index (κ2) is 20.0. The second-order valence-electron chi connectivity index (χ2n) is 5.90. The van der Waals surface area contributed by atoms with Crippen molar-refractivity contribution in [2.24, 2.45) is 0 Å². The molecule has 0 aliphatic heterocycles. The van der Waals surface area contributed by atoms with Crippen LogP contribution in [-0.2, 0) is 9.53 Å². The molecule has 0 fully saturated rings. The average molecular weight is 361 g/mol. The van der Waals surface area contributed by atoms with Gasteiger partial charge in [-0.1, -0.05) is 92.9 Å². The highest BCUT2D eigenvalue weighted by molar-refractivity contribution is 8.76. The van der Waals surface area contributed by atoms with E-state index in [1.807, 2.05) is 21.6 Å². The summed E-state index contributed by atoms with van der Waals surface area (Å²) in [5.41, 5.74) is 0. The van der Waals surface area contributed by atoms with Crippen molar-refractivity contribution in [3.63, 3.8) is 0 Å². The van der Waals surface area contributed by atoms with Crippen molar-refractivity contribution >= 4 is 27.6 Å². The van der Waals surface area contributed by atoms with Crippen molar-refractivity contribution in [1.29, 1.82) is 0 Å². The van der Waals surface area contributed by atoms with Gasteiger partial charge in [0.15, 0.2) is 0 Å². The molecule has 0 aromatic heterocycles. The summed E-state index contributed by atoms with van der Waals surface area (Å²) >= 11 is 0. The third kappa shape index (κ3) is 19.9. The minimum Gasteiger partial charge on any atom is -0.463 e. The van der Waals surface area contributed by atoms with Crippen LogP contribution in [0, 0.1) is 0 Å². The van der Waals surface area contributed by atoms with Gasteiger partial charge in [0, 0.05) is 17.6 Å². The van der Waals surface area contributed by atoms with Crippen LogP contribution < -0.4 is 0 Å². The first-order chi connectivity index (χ1) is 11.3. The SMILES string of the molecule is C=CC(=O)OCCCCCCSSCCCCCCCCCC. The Morgan fingerprint density at radius 1 is 0.826 bits per heavy atom. The van der Waals surface area contributed by atoms with Gasteiger partial charge in [-0.25, -0.2) is 4.79 Å². The quantitative estimate of drug-likeness (QED) is 0.116. The van der Waals surface area contributed by atoms with Crippen molar-refractivity contribution in [3.05, 3.63) is 12.7 Å². The van der Waals surface area contributed by atoms with E-state index in [4.69, 9.17) is 4.74 Å². The maximum atomic E-state index is 10.8. The summed E-state index contributed by atoms with van der Waals surface area (Å²) in [6, 6.07) is 0. The van der Waals surface area contributed by atoms with Gasteiger partial charge in [0.1, 0.15) is 0 Å².